The number of nitriles is 2. The second-order valence-electron chi connectivity index (χ2n) is 5.56. The van der Waals surface area contributed by atoms with Crippen LogP contribution in [-0.2, 0) is 9.53 Å². The summed E-state index contributed by atoms with van der Waals surface area (Å²) in [7, 11) is 0. The molecule has 2 aromatic rings. The van der Waals surface area contributed by atoms with Crippen LogP contribution in [0.2, 0.25) is 0 Å². The third-order valence-electron chi connectivity index (χ3n) is 3.68. The summed E-state index contributed by atoms with van der Waals surface area (Å²) in [5, 5.41) is 17.3. The summed E-state index contributed by atoms with van der Waals surface area (Å²) in [5.41, 5.74) is 0.720. The van der Waals surface area contributed by atoms with Crippen molar-refractivity contribution >= 4 is 11.9 Å². The van der Waals surface area contributed by atoms with E-state index in [4.69, 9.17) is 19.7 Å². The maximum absolute atomic E-state index is 12.2. The zero-order valence-electron chi connectivity index (χ0n) is 14.8. The van der Waals surface area contributed by atoms with E-state index in [1.54, 1.807) is 19.1 Å². The van der Waals surface area contributed by atoms with Gasteiger partial charge in [-0.2, -0.15) is 10.5 Å². The first-order valence-corrected chi connectivity index (χ1v) is 8.28. The molecular weight excluding hydrogens is 348 g/mol. The van der Waals surface area contributed by atoms with Gasteiger partial charge in [0.05, 0.1) is 25.0 Å². The Kier molecular flexibility index (Phi) is 7.09. The van der Waals surface area contributed by atoms with Crippen LogP contribution in [0.5, 0.6) is 0 Å². The summed E-state index contributed by atoms with van der Waals surface area (Å²) in [6, 6.07) is 13.0. The summed E-state index contributed by atoms with van der Waals surface area (Å²) >= 11 is 0. The number of oxazole rings is 1. The Labute approximate surface area is 156 Å². The third-order valence-corrected chi connectivity index (χ3v) is 3.68. The largest absolute Gasteiger partial charge is 0.451 e. The molecule has 0 saturated carbocycles. The van der Waals surface area contributed by atoms with Crippen molar-refractivity contribution in [2.24, 2.45) is 0 Å². The Morgan fingerprint density at radius 1 is 1.15 bits per heavy atom. The van der Waals surface area contributed by atoms with Gasteiger partial charge in [0.2, 0.25) is 5.89 Å². The molecule has 2 rings (SSSR count). The number of aryl methyl sites for hydroxylation is 1. The lowest BCUT2D eigenvalue weighted by Gasteiger charge is -2.19. The highest BCUT2D eigenvalue weighted by Crippen LogP contribution is 2.21. The number of nitrogens with zero attached hydrogens (tertiary/aromatic N) is 4. The predicted molar refractivity (Wildman–Crippen MR) is 94.0 cm³/mol. The lowest BCUT2D eigenvalue weighted by atomic mass is 10.2. The average molecular weight is 366 g/mol. The monoisotopic (exact) mass is 366 g/mol. The summed E-state index contributed by atoms with van der Waals surface area (Å²) in [5.74, 6) is -0.668. The van der Waals surface area contributed by atoms with Gasteiger partial charge in [0.1, 0.15) is 5.76 Å². The molecule has 0 N–H and O–H groups in total. The Morgan fingerprint density at radius 3 is 2.37 bits per heavy atom. The number of carbonyl (C=O) groups excluding carboxylic acids is 2. The predicted octanol–water partition coefficient (Wildman–Crippen LogP) is 2.46. The highest BCUT2D eigenvalue weighted by atomic mass is 16.5. The fourth-order valence-corrected chi connectivity index (χ4v) is 2.31. The highest BCUT2D eigenvalue weighted by molar-refractivity contribution is 5.90. The van der Waals surface area contributed by atoms with Crippen LogP contribution >= 0.6 is 0 Å². The SMILES string of the molecule is Cc1oc(-c2ccccc2)nc1C(=O)OCC(=O)N(CCC#N)CCC#N. The summed E-state index contributed by atoms with van der Waals surface area (Å²) in [6.07, 6.45) is 0.266. The smallest absolute Gasteiger partial charge is 0.361 e. The van der Waals surface area contributed by atoms with Crippen LogP contribution in [0.25, 0.3) is 11.5 Å². The van der Waals surface area contributed by atoms with Gasteiger partial charge in [0.15, 0.2) is 12.3 Å². The van der Waals surface area contributed by atoms with Crippen molar-refractivity contribution in [3.63, 3.8) is 0 Å². The van der Waals surface area contributed by atoms with Crippen molar-refractivity contribution in [2.75, 3.05) is 19.7 Å². The maximum atomic E-state index is 12.2. The molecule has 1 aromatic carbocycles. The number of ether oxygens (including phenoxy) is 1. The van der Waals surface area contributed by atoms with Gasteiger partial charge in [-0.25, -0.2) is 9.78 Å². The Balaban J connectivity index is 2.00. The summed E-state index contributed by atoms with van der Waals surface area (Å²) < 4.78 is 10.5. The van der Waals surface area contributed by atoms with Gasteiger partial charge in [-0.1, -0.05) is 18.2 Å². The van der Waals surface area contributed by atoms with E-state index in [1.807, 2.05) is 30.3 Å². The van der Waals surface area contributed by atoms with Crippen molar-refractivity contribution in [1.29, 1.82) is 10.5 Å². The van der Waals surface area contributed by atoms with E-state index >= 15 is 0 Å². The minimum atomic E-state index is -0.771. The zero-order chi connectivity index (χ0) is 19.6. The number of esters is 1. The van der Waals surface area contributed by atoms with Crippen molar-refractivity contribution in [1.82, 2.24) is 9.88 Å². The number of benzene rings is 1. The first-order valence-electron chi connectivity index (χ1n) is 8.28. The van der Waals surface area contributed by atoms with Crippen LogP contribution in [-0.4, -0.2) is 41.5 Å². The number of hydrogen-bond acceptors (Lipinski definition) is 7. The molecule has 0 atom stereocenters. The lowest BCUT2D eigenvalue weighted by molar-refractivity contribution is -0.134. The van der Waals surface area contributed by atoms with Crippen LogP contribution in [0.3, 0.4) is 0 Å². The van der Waals surface area contributed by atoms with E-state index < -0.39 is 18.5 Å². The molecule has 1 amide bonds. The molecule has 0 unspecified atom stereocenters. The standard InChI is InChI=1S/C19H18N4O4/c1-14-17(22-18(27-14)15-7-3-2-4-8-15)19(25)26-13-16(24)23(11-5-9-20)12-6-10-21/h2-4,7-8H,5-6,11-13H2,1H3. The van der Waals surface area contributed by atoms with Gasteiger partial charge in [-0.05, 0) is 19.1 Å². The van der Waals surface area contributed by atoms with Gasteiger partial charge in [-0.3, -0.25) is 4.79 Å². The molecule has 8 nitrogen and oxygen atoms in total. The summed E-state index contributed by atoms with van der Waals surface area (Å²) in [6.45, 7) is 1.44. The number of amides is 1. The van der Waals surface area contributed by atoms with Crippen molar-refractivity contribution in [3.8, 4) is 23.6 Å². The molecule has 1 heterocycles. The second-order valence-corrected chi connectivity index (χ2v) is 5.56. The molecule has 0 fully saturated rings. The Morgan fingerprint density at radius 2 is 1.78 bits per heavy atom. The molecule has 0 spiro atoms. The van der Waals surface area contributed by atoms with Crippen molar-refractivity contribution < 1.29 is 18.7 Å². The average Bonchev–Trinajstić information content (AvgIpc) is 3.08. The van der Waals surface area contributed by atoms with Crippen LogP contribution in [0.1, 0.15) is 29.1 Å². The van der Waals surface area contributed by atoms with Gasteiger partial charge < -0.3 is 14.1 Å². The van der Waals surface area contributed by atoms with E-state index in [0.29, 0.717) is 0 Å². The first kappa shape index (κ1) is 19.7. The van der Waals surface area contributed by atoms with Crippen LogP contribution in [0.4, 0.5) is 0 Å². The highest BCUT2D eigenvalue weighted by Gasteiger charge is 2.22. The van der Waals surface area contributed by atoms with E-state index in [0.717, 1.165) is 5.56 Å². The summed E-state index contributed by atoms with van der Waals surface area (Å²) in [4.78, 5) is 29.9. The fourth-order valence-electron chi connectivity index (χ4n) is 2.31. The quantitative estimate of drug-likeness (QED) is 0.658. The number of carbonyl (C=O) groups is 2. The molecule has 0 aliphatic carbocycles. The molecule has 0 aliphatic heterocycles. The number of aromatic nitrogens is 1. The molecule has 0 saturated heterocycles. The third kappa shape index (κ3) is 5.41. The molecule has 27 heavy (non-hydrogen) atoms. The molecule has 8 heteroatoms. The van der Waals surface area contributed by atoms with Crippen LogP contribution in [0, 0.1) is 29.6 Å². The van der Waals surface area contributed by atoms with Crippen LogP contribution < -0.4 is 0 Å². The molecule has 0 radical (unpaired) electrons. The molecular formula is C19H18N4O4. The molecule has 0 bridgehead atoms. The fraction of sp³-hybridized carbons (Fsp3) is 0.316. The van der Waals surface area contributed by atoms with Gasteiger partial charge in [0.25, 0.3) is 5.91 Å². The molecule has 1 aromatic heterocycles. The topological polar surface area (TPSA) is 120 Å². The van der Waals surface area contributed by atoms with E-state index in [1.165, 1.54) is 4.90 Å². The maximum Gasteiger partial charge on any atom is 0.361 e. The normalized spacial score (nSPS) is 9.89. The van der Waals surface area contributed by atoms with Crippen LogP contribution in [0.15, 0.2) is 34.7 Å². The van der Waals surface area contributed by atoms with Gasteiger partial charge >= 0.3 is 5.97 Å². The second kappa shape index (κ2) is 9.73. The van der Waals surface area contributed by atoms with E-state index in [-0.39, 0.29) is 43.3 Å². The number of rotatable bonds is 8. The first-order chi connectivity index (χ1) is 13.1. The lowest BCUT2D eigenvalue weighted by Crippen LogP contribution is -2.36. The van der Waals surface area contributed by atoms with Crippen molar-refractivity contribution in [2.45, 2.75) is 19.8 Å². The Hall–Kier alpha value is -3.65. The van der Waals surface area contributed by atoms with Crippen molar-refractivity contribution in [3.05, 3.63) is 41.8 Å². The van der Waals surface area contributed by atoms with Gasteiger partial charge in [-0.15, -0.1) is 0 Å². The Bertz CT molecular complexity index is 859. The minimum absolute atomic E-state index is 0.00209. The number of hydrogen-bond donors (Lipinski definition) is 0. The van der Waals surface area contributed by atoms with Gasteiger partial charge in [0, 0.05) is 18.7 Å². The zero-order valence-corrected chi connectivity index (χ0v) is 14.8. The minimum Gasteiger partial charge on any atom is -0.451 e. The molecule has 138 valence electrons. The van der Waals surface area contributed by atoms with E-state index in [9.17, 15) is 9.59 Å². The molecule has 0 aliphatic rings. The van der Waals surface area contributed by atoms with E-state index in [2.05, 4.69) is 4.98 Å².